The Labute approximate surface area is 139 Å². The van der Waals surface area contributed by atoms with Crippen LogP contribution in [0.2, 0.25) is 0 Å². The number of anilines is 1. The second-order valence-corrected chi connectivity index (χ2v) is 6.50. The van der Waals surface area contributed by atoms with Crippen LogP contribution in [0.5, 0.6) is 5.75 Å². The molecule has 1 aromatic heterocycles. The van der Waals surface area contributed by atoms with Crippen molar-refractivity contribution >= 4 is 17.7 Å². The van der Waals surface area contributed by atoms with Gasteiger partial charge in [0.05, 0.1) is 24.6 Å². The van der Waals surface area contributed by atoms with E-state index in [1.807, 2.05) is 24.3 Å². The molecule has 0 unspecified atom stereocenters. The van der Waals surface area contributed by atoms with Gasteiger partial charge in [-0.2, -0.15) is 5.10 Å². The zero-order valence-electron chi connectivity index (χ0n) is 13.7. The number of amides is 1. The number of methoxy groups -OCH3 is 1. The summed E-state index contributed by atoms with van der Waals surface area (Å²) in [6.45, 7) is 3.56. The molecule has 1 saturated carbocycles. The number of hydrogen-bond donors (Lipinski definition) is 3. The van der Waals surface area contributed by atoms with E-state index in [1.54, 1.807) is 27.0 Å². The summed E-state index contributed by atoms with van der Waals surface area (Å²) in [5.74, 6) is -1.39. The van der Waals surface area contributed by atoms with Gasteiger partial charge in [0.15, 0.2) is 5.82 Å². The van der Waals surface area contributed by atoms with Gasteiger partial charge in [0.2, 0.25) is 5.91 Å². The number of carbonyl (C=O) groups excluding carboxylic acids is 1. The fourth-order valence-electron chi connectivity index (χ4n) is 3.12. The van der Waals surface area contributed by atoms with Gasteiger partial charge in [-0.1, -0.05) is 26.0 Å². The van der Waals surface area contributed by atoms with E-state index in [0.717, 1.165) is 17.0 Å². The molecule has 7 heteroatoms. The van der Waals surface area contributed by atoms with Crippen LogP contribution < -0.4 is 10.1 Å². The Morgan fingerprint density at radius 3 is 2.67 bits per heavy atom. The smallest absolute Gasteiger partial charge is 0.307 e. The first-order valence-corrected chi connectivity index (χ1v) is 7.58. The van der Waals surface area contributed by atoms with Gasteiger partial charge in [0, 0.05) is 11.6 Å². The first kappa shape index (κ1) is 16.0. The number of carboxylic acid groups (broad SMARTS) is 1. The lowest BCUT2D eigenvalue weighted by molar-refractivity contribution is -0.140. The summed E-state index contributed by atoms with van der Waals surface area (Å²) in [5.41, 5.74) is 1.06. The minimum Gasteiger partial charge on any atom is -0.497 e. The van der Waals surface area contributed by atoms with Crippen LogP contribution in [0, 0.1) is 17.3 Å². The lowest BCUT2D eigenvalue weighted by atomic mass is 10.1. The molecule has 24 heavy (non-hydrogen) atoms. The summed E-state index contributed by atoms with van der Waals surface area (Å²) in [7, 11) is 1.59. The summed E-state index contributed by atoms with van der Waals surface area (Å²) in [4.78, 5) is 23.5. The summed E-state index contributed by atoms with van der Waals surface area (Å²) >= 11 is 0. The monoisotopic (exact) mass is 329 g/mol. The topological polar surface area (TPSA) is 104 Å². The van der Waals surface area contributed by atoms with Crippen molar-refractivity contribution < 1.29 is 19.4 Å². The summed E-state index contributed by atoms with van der Waals surface area (Å²) in [6.07, 6.45) is 0. The molecule has 1 aromatic carbocycles. The highest BCUT2D eigenvalue weighted by atomic mass is 16.5. The van der Waals surface area contributed by atoms with Gasteiger partial charge < -0.3 is 15.2 Å². The summed E-state index contributed by atoms with van der Waals surface area (Å²) < 4.78 is 5.18. The first-order valence-electron chi connectivity index (χ1n) is 7.58. The van der Waals surface area contributed by atoms with Gasteiger partial charge in [0.1, 0.15) is 5.75 Å². The van der Waals surface area contributed by atoms with Crippen LogP contribution in [0.25, 0.3) is 11.3 Å². The van der Waals surface area contributed by atoms with Crippen molar-refractivity contribution in [3.8, 4) is 17.0 Å². The zero-order chi connectivity index (χ0) is 17.5. The van der Waals surface area contributed by atoms with Crippen molar-refractivity contribution in [3.05, 3.63) is 30.3 Å². The Morgan fingerprint density at radius 2 is 2.04 bits per heavy atom. The molecular weight excluding hydrogens is 310 g/mol. The van der Waals surface area contributed by atoms with Gasteiger partial charge in [0.25, 0.3) is 0 Å². The number of benzene rings is 1. The molecule has 1 heterocycles. The van der Waals surface area contributed by atoms with Crippen LogP contribution in [-0.2, 0) is 9.59 Å². The van der Waals surface area contributed by atoms with Gasteiger partial charge in [-0.05, 0) is 17.5 Å². The lowest BCUT2D eigenvalue weighted by Crippen LogP contribution is -2.17. The molecule has 3 rings (SSSR count). The third-order valence-corrected chi connectivity index (χ3v) is 4.59. The Hall–Kier alpha value is -2.83. The second-order valence-electron chi connectivity index (χ2n) is 6.50. The van der Waals surface area contributed by atoms with Gasteiger partial charge in [-0.15, -0.1) is 0 Å². The first-order chi connectivity index (χ1) is 11.3. The number of carboxylic acids is 1. The van der Waals surface area contributed by atoms with Crippen LogP contribution >= 0.6 is 0 Å². The Kier molecular flexibility index (Phi) is 3.79. The number of ether oxygens (including phenoxy) is 1. The molecule has 1 amide bonds. The normalized spacial score (nSPS) is 21.1. The molecule has 0 spiro atoms. The third-order valence-electron chi connectivity index (χ3n) is 4.59. The molecular formula is C17H19N3O4. The van der Waals surface area contributed by atoms with Crippen LogP contribution in [0.3, 0.4) is 0 Å². The molecule has 1 aliphatic rings. The number of hydrogen-bond acceptors (Lipinski definition) is 4. The summed E-state index contributed by atoms with van der Waals surface area (Å²) in [6, 6.07) is 9.15. The van der Waals surface area contributed by atoms with Crippen LogP contribution in [-0.4, -0.2) is 34.3 Å². The van der Waals surface area contributed by atoms with Gasteiger partial charge >= 0.3 is 5.97 Å². The number of nitrogens with one attached hydrogen (secondary N) is 2. The molecule has 2 atom stereocenters. The number of carbonyl (C=O) groups is 2. The van der Waals surface area contributed by atoms with E-state index < -0.39 is 23.2 Å². The van der Waals surface area contributed by atoms with Crippen molar-refractivity contribution in [3.63, 3.8) is 0 Å². The van der Waals surface area contributed by atoms with E-state index in [0.29, 0.717) is 5.82 Å². The van der Waals surface area contributed by atoms with E-state index in [4.69, 9.17) is 9.84 Å². The SMILES string of the molecule is COc1cccc(-c2cc(NC(=O)[C@H]3[C@H](C(=O)O)C3(C)C)n[nH]2)c1. The number of aromatic nitrogens is 2. The average molecular weight is 329 g/mol. The largest absolute Gasteiger partial charge is 0.497 e. The predicted molar refractivity (Wildman–Crippen MR) is 87.6 cm³/mol. The molecule has 3 N–H and O–H groups in total. The predicted octanol–water partition coefficient (Wildman–Crippen LogP) is 2.38. The minimum atomic E-state index is -0.945. The van der Waals surface area contributed by atoms with Crippen LogP contribution in [0.1, 0.15) is 13.8 Å². The number of nitrogens with zero attached hydrogens (tertiary/aromatic N) is 1. The standard InChI is InChI=1S/C17H19N3O4/c1-17(2)13(14(17)16(22)23)15(21)18-12-8-11(19-20-12)9-5-4-6-10(7-9)24-3/h4-8,13-14H,1-3H3,(H,22,23)(H2,18,19,20,21)/t13-,14-/m1/s1. The Bertz CT molecular complexity index is 797. The average Bonchev–Trinajstić information content (AvgIpc) is 2.89. The molecule has 0 saturated heterocycles. The minimum absolute atomic E-state index is 0.323. The Morgan fingerprint density at radius 1 is 1.29 bits per heavy atom. The van der Waals surface area contributed by atoms with E-state index >= 15 is 0 Å². The molecule has 0 radical (unpaired) electrons. The molecule has 1 aliphatic carbocycles. The number of aromatic amines is 1. The molecule has 2 aromatic rings. The maximum Gasteiger partial charge on any atom is 0.307 e. The Balaban J connectivity index is 1.73. The highest BCUT2D eigenvalue weighted by Gasteiger charge is 2.65. The maximum atomic E-state index is 12.3. The lowest BCUT2D eigenvalue weighted by Gasteiger charge is -2.02. The van der Waals surface area contributed by atoms with Crippen molar-refractivity contribution in [2.75, 3.05) is 12.4 Å². The van der Waals surface area contributed by atoms with Crippen LogP contribution in [0.4, 0.5) is 5.82 Å². The highest BCUT2D eigenvalue weighted by Crippen LogP contribution is 2.58. The fraction of sp³-hybridized carbons (Fsp3) is 0.353. The second kappa shape index (κ2) is 5.67. The maximum absolute atomic E-state index is 12.3. The quantitative estimate of drug-likeness (QED) is 0.781. The molecule has 126 valence electrons. The number of aliphatic carboxylic acids is 1. The molecule has 7 nitrogen and oxygen atoms in total. The van der Waals surface area contributed by atoms with E-state index in [9.17, 15) is 9.59 Å². The number of H-pyrrole nitrogens is 1. The van der Waals surface area contributed by atoms with E-state index in [1.165, 1.54) is 0 Å². The van der Waals surface area contributed by atoms with Crippen molar-refractivity contribution in [1.82, 2.24) is 10.2 Å². The van der Waals surface area contributed by atoms with Crippen molar-refractivity contribution in [2.45, 2.75) is 13.8 Å². The van der Waals surface area contributed by atoms with E-state index in [2.05, 4.69) is 15.5 Å². The van der Waals surface area contributed by atoms with Gasteiger partial charge in [-0.3, -0.25) is 14.7 Å². The van der Waals surface area contributed by atoms with Crippen molar-refractivity contribution in [2.24, 2.45) is 17.3 Å². The highest BCUT2D eigenvalue weighted by molar-refractivity contribution is 5.99. The third kappa shape index (κ3) is 2.73. The van der Waals surface area contributed by atoms with Crippen molar-refractivity contribution in [1.29, 1.82) is 0 Å². The molecule has 1 fully saturated rings. The van der Waals surface area contributed by atoms with Crippen LogP contribution in [0.15, 0.2) is 30.3 Å². The van der Waals surface area contributed by atoms with Gasteiger partial charge in [-0.25, -0.2) is 0 Å². The number of rotatable bonds is 5. The molecule has 0 bridgehead atoms. The molecule has 0 aliphatic heterocycles. The fourth-order valence-corrected chi connectivity index (χ4v) is 3.12. The summed E-state index contributed by atoms with van der Waals surface area (Å²) in [5, 5.41) is 18.8. The van der Waals surface area contributed by atoms with E-state index in [-0.39, 0.29) is 5.91 Å². The zero-order valence-corrected chi connectivity index (χ0v) is 13.7.